The molecule has 38 valence electrons. The van der Waals surface area contributed by atoms with E-state index < -0.39 is 0 Å². The Morgan fingerprint density at radius 2 is 2.17 bits per heavy atom. The third kappa shape index (κ3) is 3.88. The summed E-state index contributed by atoms with van der Waals surface area (Å²) < 4.78 is 0. The Kier molecular flexibility index (Phi) is 4.78. The number of hydrazine groups is 1. The molecule has 3 heteroatoms. The van der Waals surface area contributed by atoms with Crippen molar-refractivity contribution in [1.82, 2.24) is 5.43 Å². The summed E-state index contributed by atoms with van der Waals surface area (Å²) in [5.41, 5.74) is 7.61. The van der Waals surface area contributed by atoms with Crippen LogP contribution in [0.1, 0.15) is 6.42 Å². The second-order valence-electron chi connectivity index (χ2n) is 1.10. The van der Waals surface area contributed by atoms with E-state index in [1.165, 1.54) is 0 Å². The summed E-state index contributed by atoms with van der Waals surface area (Å²) in [6.07, 6.45) is 0.955. The van der Waals surface area contributed by atoms with Crippen molar-refractivity contribution in [1.29, 1.82) is 0 Å². The molecule has 0 unspecified atom stereocenters. The van der Waals surface area contributed by atoms with Crippen LogP contribution in [0.25, 0.3) is 0 Å². The fourth-order valence-corrected chi connectivity index (χ4v) is 0.204. The maximum absolute atomic E-state index is 5.12. The Morgan fingerprint density at radius 3 is 2.33 bits per heavy atom. The van der Waals surface area contributed by atoms with E-state index in [4.69, 9.17) is 11.6 Å². The number of rotatable bonds is 3. The molecule has 0 aromatic rings. The summed E-state index contributed by atoms with van der Waals surface area (Å²) in [4.78, 5) is 0. The second kappa shape index (κ2) is 4.88. The summed E-state index contributed by atoms with van der Waals surface area (Å²) in [5.74, 6) is 4.91. The predicted octanol–water partition coefficient (Wildman–Crippen LogP) is -1.20. The molecular formula is C3H11N3. The van der Waals surface area contributed by atoms with Gasteiger partial charge in [-0.1, -0.05) is 0 Å². The highest BCUT2D eigenvalue weighted by atomic mass is 15.2. The van der Waals surface area contributed by atoms with Gasteiger partial charge in [0.1, 0.15) is 0 Å². The van der Waals surface area contributed by atoms with E-state index in [-0.39, 0.29) is 0 Å². The molecule has 0 aromatic carbocycles. The number of nitrogens with two attached hydrogens (primary N) is 2. The molecule has 0 spiro atoms. The van der Waals surface area contributed by atoms with Gasteiger partial charge in [0.2, 0.25) is 0 Å². The van der Waals surface area contributed by atoms with Crippen LogP contribution in [0.15, 0.2) is 0 Å². The van der Waals surface area contributed by atoms with Gasteiger partial charge >= 0.3 is 0 Å². The van der Waals surface area contributed by atoms with Crippen LogP contribution in [0.2, 0.25) is 0 Å². The molecule has 0 rings (SSSR count). The lowest BCUT2D eigenvalue weighted by molar-refractivity contribution is 0.687. The summed E-state index contributed by atoms with van der Waals surface area (Å²) >= 11 is 0. The van der Waals surface area contributed by atoms with Crippen molar-refractivity contribution in [3.8, 4) is 0 Å². The maximum atomic E-state index is 5.12. The van der Waals surface area contributed by atoms with E-state index in [1.807, 2.05) is 0 Å². The van der Waals surface area contributed by atoms with Crippen LogP contribution in [0.3, 0.4) is 0 Å². The largest absolute Gasteiger partial charge is 0.330 e. The van der Waals surface area contributed by atoms with Crippen LogP contribution in [0.5, 0.6) is 0 Å². The number of hydrogen-bond acceptors (Lipinski definition) is 3. The van der Waals surface area contributed by atoms with Crippen LogP contribution in [0, 0.1) is 0 Å². The molecule has 0 aliphatic carbocycles. The number of nitrogens with one attached hydrogen (secondary N) is 1. The van der Waals surface area contributed by atoms with Crippen molar-refractivity contribution in [2.45, 2.75) is 6.42 Å². The average Bonchev–Trinajstić information content (AvgIpc) is 1.61. The van der Waals surface area contributed by atoms with Crippen LogP contribution < -0.4 is 17.0 Å². The van der Waals surface area contributed by atoms with E-state index in [1.54, 1.807) is 0 Å². The first-order valence-corrected chi connectivity index (χ1v) is 2.05. The van der Waals surface area contributed by atoms with Gasteiger partial charge in [-0.05, 0) is 13.0 Å². The normalized spacial score (nSPS) is 9.00. The smallest absolute Gasteiger partial charge is 0.0109 e. The van der Waals surface area contributed by atoms with Gasteiger partial charge in [-0.2, -0.15) is 0 Å². The van der Waals surface area contributed by atoms with Crippen molar-refractivity contribution in [3.05, 3.63) is 0 Å². The van der Waals surface area contributed by atoms with E-state index in [0.717, 1.165) is 13.0 Å². The minimum Gasteiger partial charge on any atom is -0.330 e. The zero-order valence-corrected chi connectivity index (χ0v) is 3.78. The van der Waals surface area contributed by atoms with Gasteiger partial charge in [-0.25, -0.2) is 0 Å². The van der Waals surface area contributed by atoms with Gasteiger partial charge in [-0.3, -0.25) is 11.3 Å². The second-order valence-corrected chi connectivity index (χ2v) is 1.10. The summed E-state index contributed by atoms with van der Waals surface area (Å²) in [5, 5.41) is 0. The molecule has 0 aliphatic heterocycles. The van der Waals surface area contributed by atoms with Crippen molar-refractivity contribution in [2.24, 2.45) is 11.6 Å². The predicted molar refractivity (Wildman–Crippen MR) is 25.9 cm³/mol. The van der Waals surface area contributed by atoms with Gasteiger partial charge in [0.05, 0.1) is 0 Å². The lowest BCUT2D eigenvalue weighted by Crippen LogP contribution is -2.24. The van der Waals surface area contributed by atoms with E-state index in [9.17, 15) is 0 Å². The minimum absolute atomic E-state index is 0.712. The fourth-order valence-electron chi connectivity index (χ4n) is 0.204. The van der Waals surface area contributed by atoms with Crippen LogP contribution in [0.4, 0.5) is 0 Å². The minimum atomic E-state index is 0.712. The third-order valence-electron chi connectivity index (χ3n) is 0.525. The topological polar surface area (TPSA) is 64.1 Å². The Bertz CT molecular complexity index is 18.0. The molecule has 0 bridgehead atoms. The highest BCUT2D eigenvalue weighted by Gasteiger charge is 1.73. The molecule has 0 aliphatic rings. The number of hydrogen-bond donors (Lipinski definition) is 3. The van der Waals surface area contributed by atoms with E-state index in [0.29, 0.717) is 6.54 Å². The van der Waals surface area contributed by atoms with Gasteiger partial charge in [-0.15, -0.1) is 0 Å². The molecule has 5 N–H and O–H groups in total. The monoisotopic (exact) mass is 89.1 g/mol. The lowest BCUT2D eigenvalue weighted by atomic mass is 10.4. The molecule has 3 nitrogen and oxygen atoms in total. The molecule has 6 heavy (non-hydrogen) atoms. The van der Waals surface area contributed by atoms with Gasteiger partial charge in [0.15, 0.2) is 0 Å². The SMILES string of the molecule is NCCCNN. The molecule has 0 aromatic heterocycles. The van der Waals surface area contributed by atoms with Crippen molar-refractivity contribution >= 4 is 0 Å². The van der Waals surface area contributed by atoms with Gasteiger partial charge in [0, 0.05) is 6.54 Å². The van der Waals surface area contributed by atoms with Crippen molar-refractivity contribution in [3.63, 3.8) is 0 Å². The average molecular weight is 89.1 g/mol. The Hall–Kier alpha value is -0.120. The highest BCUT2D eigenvalue weighted by molar-refractivity contribution is 4.36. The Balaban J connectivity index is 2.34. The standard InChI is InChI=1S/C3H11N3/c4-2-1-3-6-5/h6H,1-5H2. The first-order valence-electron chi connectivity index (χ1n) is 2.05. The third-order valence-corrected chi connectivity index (χ3v) is 0.525. The van der Waals surface area contributed by atoms with E-state index >= 15 is 0 Å². The summed E-state index contributed by atoms with van der Waals surface area (Å²) in [7, 11) is 0. The molecule has 0 heterocycles. The van der Waals surface area contributed by atoms with Gasteiger partial charge < -0.3 is 5.73 Å². The first kappa shape index (κ1) is 5.88. The zero-order valence-electron chi connectivity index (χ0n) is 3.78. The molecular weight excluding hydrogens is 78.1 g/mol. The zero-order chi connectivity index (χ0) is 4.83. The van der Waals surface area contributed by atoms with E-state index in [2.05, 4.69) is 5.43 Å². The molecule has 0 atom stereocenters. The Morgan fingerprint density at radius 1 is 1.50 bits per heavy atom. The highest BCUT2D eigenvalue weighted by Crippen LogP contribution is 1.61. The fraction of sp³-hybridized carbons (Fsp3) is 1.00. The quantitative estimate of drug-likeness (QED) is 0.231. The van der Waals surface area contributed by atoms with Crippen LogP contribution in [-0.4, -0.2) is 13.1 Å². The van der Waals surface area contributed by atoms with Crippen LogP contribution in [-0.2, 0) is 0 Å². The van der Waals surface area contributed by atoms with Crippen LogP contribution >= 0.6 is 0 Å². The van der Waals surface area contributed by atoms with Crippen molar-refractivity contribution in [2.75, 3.05) is 13.1 Å². The summed E-state index contributed by atoms with van der Waals surface area (Å²) in [6.45, 7) is 1.53. The van der Waals surface area contributed by atoms with Crippen molar-refractivity contribution < 1.29 is 0 Å². The first-order chi connectivity index (χ1) is 2.91. The maximum Gasteiger partial charge on any atom is 0.0109 e. The molecule has 0 radical (unpaired) electrons. The molecule has 0 amide bonds. The molecule has 0 saturated heterocycles. The molecule has 0 fully saturated rings. The summed E-state index contributed by atoms with van der Waals surface area (Å²) in [6, 6.07) is 0. The Labute approximate surface area is 37.7 Å². The van der Waals surface area contributed by atoms with Gasteiger partial charge in [0.25, 0.3) is 0 Å². The molecule has 0 saturated carbocycles. The lowest BCUT2D eigenvalue weighted by Gasteiger charge is -1.90.